The van der Waals surface area contributed by atoms with Crippen LogP contribution in [0.25, 0.3) is 0 Å². The highest BCUT2D eigenvalue weighted by Crippen LogP contribution is 2.14. The third kappa shape index (κ3) is 4.31. The lowest BCUT2D eigenvalue weighted by Crippen LogP contribution is -2.28. The minimum Gasteiger partial charge on any atom is -0.394 e. The van der Waals surface area contributed by atoms with Crippen LogP contribution in [0.2, 0.25) is 0 Å². The first kappa shape index (κ1) is 13.2. The molecule has 90 valence electrons. The first-order chi connectivity index (χ1) is 7.63. The van der Waals surface area contributed by atoms with Gasteiger partial charge in [0.2, 0.25) is 0 Å². The third-order valence-corrected chi connectivity index (χ3v) is 2.57. The zero-order valence-electron chi connectivity index (χ0n) is 9.98. The maximum absolute atomic E-state index is 9.14. The summed E-state index contributed by atoms with van der Waals surface area (Å²) in [4.78, 5) is 0. The zero-order valence-corrected chi connectivity index (χ0v) is 9.98. The van der Waals surface area contributed by atoms with E-state index >= 15 is 0 Å². The van der Waals surface area contributed by atoms with Crippen LogP contribution in [0.15, 0.2) is 24.3 Å². The topological polar surface area (TPSA) is 52.5 Å². The summed E-state index contributed by atoms with van der Waals surface area (Å²) in [5.41, 5.74) is 2.52. The van der Waals surface area contributed by atoms with Gasteiger partial charge in [-0.25, -0.2) is 0 Å². The molecule has 1 rings (SSSR count). The van der Waals surface area contributed by atoms with Crippen molar-refractivity contribution in [3.63, 3.8) is 0 Å². The van der Waals surface area contributed by atoms with E-state index in [4.69, 9.17) is 10.2 Å². The van der Waals surface area contributed by atoms with Gasteiger partial charge < -0.3 is 15.5 Å². The molecular weight excluding hydrogens is 202 g/mol. The van der Waals surface area contributed by atoms with Crippen molar-refractivity contribution < 1.29 is 10.2 Å². The summed E-state index contributed by atoms with van der Waals surface area (Å²) < 4.78 is 0. The molecule has 1 atom stereocenters. The van der Waals surface area contributed by atoms with Gasteiger partial charge in [0, 0.05) is 13.1 Å². The first-order valence-electron chi connectivity index (χ1n) is 5.72. The summed E-state index contributed by atoms with van der Waals surface area (Å²) in [5, 5.41) is 20.9. The van der Waals surface area contributed by atoms with E-state index in [-0.39, 0.29) is 6.61 Å². The van der Waals surface area contributed by atoms with Gasteiger partial charge in [0.15, 0.2) is 0 Å². The van der Waals surface area contributed by atoms with Gasteiger partial charge in [-0.15, -0.1) is 0 Å². The van der Waals surface area contributed by atoms with E-state index in [1.807, 2.05) is 0 Å². The van der Waals surface area contributed by atoms with Gasteiger partial charge >= 0.3 is 0 Å². The fraction of sp³-hybridized carbons (Fsp3) is 0.538. The normalized spacial score (nSPS) is 13.1. The molecule has 0 heterocycles. The van der Waals surface area contributed by atoms with Crippen molar-refractivity contribution in [2.24, 2.45) is 0 Å². The molecule has 16 heavy (non-hydrogen) atoms. The molecule has 0 spiro atoms. The van der Waals surface area contributed by atoms with Gasteiger partial charge in [0.05, 0.1) is 12.7 Å². The molecule has 0 fully saturated rings. The van der Waals surface area contributed by atoms with E-state index in [2.05, 4.69) is 43.4 Å². The molecule has 0 amide bonds. The second-order valence-electron chi connectivity index (χ2n) is 4.36. The highest BCUT2D eigenvalue weighted by atomic mass is 16.3. The van der Waals surface area contributed by atoms with Gasteiger partial charge in [0.25, 0.3) is 0 Å². The molecule has 1 aromatic rings. The Kier molecular flexibility index (Phi) is 5.46. The second-order valence-corrected chi connectivity index (χ2v) is 4.36. The van der Waals surface area contributed by atoms with Crippen molar-refractivity contribution in [2.45, 2.75) is 32.4 Å². The highest BCUT2D eigenvalue weighted by Gasteiger charge is 2.01. The Bertz CT molecular complexity index is 295. The van der Waals surface area contributed by atoms with Crippen LogP contribution in [0.1, 0.15) is 30.9 Å². The number of aliphatic hydroxyl groups is 2. The van der Waals surface area contributed by atoms with Gasteiger partial charge in [-0.1, -0.05) is 38.1 Å². The van der Waals surface area contributed by atoms with E-state index in [1.165, 1.54) is 11.1 Å². The van der Waals surface area contributed by atoms with Gasteiger partial charge in [-0.3, -0.25) is 0 Å². The monoisotopic (exact) mass is 223 g/mol. The molecule has 3 nitrogen and oxygen atoms in total. The fourth-order valence-electron chi connectivity index (χ4n) is 1.47. The molecule has 0 radical (unpaired) electrons. The molecule has 0 aliphatic rings. The van der Waals surface area contributed by atoms with Crippen LogP contribution in [0.4, 0.5) is 0 Å². The largest absolute Gasteiger partial charge is 0.394 e. The average molecular weight is 223 g/mol. The number of hydrogen-bond donors (Lipinski definition) is 3. The molecule has 0 saturated heterocycles. The molecule has 1 aromatic carbocycles. The smallest absolute Gasteiger partial charge is 0.0895 e. The molecule has 1 unspecified atom stereocenters. The van der Waals surface area contributed by atoms with Crippen molar-refractivity contribution >= 4 is 0 Å². The Morgan fingerprint density at radius 3 is 2.31 bits per heavy atom. The molecular formula is C13H21NO2. The summed E-state index contributed by atoms with van der Waals surface area (Å²) in [7, 11) is 0. The first-order valence-corrected chi connectivity index (χ1v) is 5.72. The molecule has 0 saturated carbocycles. The van der Waals surface area contributed by atoms with Crippen LogP contribution in [0, 0.1) is 0 Å². The summed E-state index contributed by atoms with van der Waals surface area (Å²) in [6.07, 6.45) is -0.671. The number of nitrogens with one attached hydrogen (secondary N) is 1. The molecule has 3 N–H and O–H groups in total. The quantitative estimate of drug-likeness (QED) is 0.680. The second kappa shape index (κ2) is 6.63. The molecule has 0 aliphatic carbocycles. The lowest BCUT2D eigenvalue weighted by atomic mass is 10.0. The average Bonchev–Trinajstić information content (AvgIpc) is 2.29. The highest BCUT2D eigenvalue weighted by molar-refractivity contribution is 5.24. The van der Waals surface area contributed by atoms with E-state index in [0.717, 1.165) is 6.54 Å². The van der Waals surface area contributed by atoms with Crippen LogP contribution in [-0.4, -0.2) is 29.5 Å². The Balaban J connectivity index is 2.38. The van der Waals surface area contributed by atoms with Crippen molar-refractivity contribution in [1.29, 1.82) is 0 Å². The van der Waals surface area contributed by atoms with Gasteiger partial charge in [-0.05, 0) is 17.0 Å². The minimum absolute atomic E-state index is 0.195. The van der Waals surface area contributed by atoms with Crippen LogP contribution in [0.3, 0.4) is 0 Å². The SMILES string of the molecule is CC(C)c1ccc(CNCC(O)CO)cc1. The van der Waals surface area contributed by atoms with Crippen molar-refractivity contribution in [2.75, 3.05) is 13.2 Å². The maximum Gasteiger partial charge on any atom is 0.0895 e. The number of aliphatic hydroxyl groups excluding tert-OH is 2. The van der Waals surface area contributed by atoms with E-state index in [1.54, 1.807) is 0 Å². The van der Waals surface area contributed by atoms with Crippen molar-refractivity contribution in [3.05, 3.63) is 35.4 Å². The van der Waals surface area contributed by atoms with Crippen LogP contribution in [0.5, 0.6) is 0 Å². The Morgan fingerprint density at radius 2 is 1.81 bits per heavy atom. The predicted octanol–water partition coefficient (Wildman–Crippen LogP) is 1.25. The summed E-state index contributed by atoms with van der Waals surface area (Å²) >= 11 is 0. The minimum atomic E-state index is -0.671. The van der Waals surface area contributed by atoms with E-state index in [9.17, 15) is 0 Å². The lowest BCUT2D eigenvalue weighted by molar-refractivity contribution is 0.0942. The van der Waals surface area contributed by atoms with Gasteiger partial charge in [0.1, 0.15) is 0 Å². The van der Waals surface area contributed by atoms with Crippen LogP contribution in [-0.2, 0) is 6.54 Å². The van der Waals surface area contributed by atoms with Crippen LogP contribution < -0.4 is 5.32 Å². The predicted molar refractivity (Wildman–Crippen MR) is 65.3 cm³/mol. The zero-order chi connectivity index (χ0) is 12.0. The molecule has 0 bridgehead atoms. The third-order valence-electron chi connectivity index (χ3n) is 2.57. The van der Waals surface area contributed by atoms with E-state index in [0.29, 0.717) is 12.5 Å². The number of hydrogen-bond acceptors (Lipinski definition) is 3. The summed E-state index contributed by atoms with van der Waals surface area (Å²) in [5.74, 6) is 0.554. The standard InChI is InChI=1S/C13H21NO2/c1-10(2)12-5-3-11(4-6-12)7-14-8-13(16)9-15/h3-6,10,13-16H,7-9H2,1-2H3. The molecule has 0 aliphatic heterocycles. The lowest BCUT2D eigenvalue weighted by Gasteiger charge is -2.10. The Labute approximate surface area is 97.1 Å². The van der Waals surface area contributed by atoms with E-state index < -0.39 is 6.10 Å². The molecule has 0 aromatic heterocycles. The van der Waals surface area contributed by atoms with Crippen molar-refractivity contribution in [1.82, 2.24) is 5.32 Å². The Hall–Kier alpha value is -0.900. The van der Waals surface area contributed by atoms with Crippen molar-refractivity contribution in [3.8, 4) is 0 Å². The maximum atomic E-state index is 9.14. The van der Waals surface area contributed by atoms with Gasteiger partial charge in [-0.2, -0.15) is 0 Å². The fourth-order valence-corrected chi connectivity index (χ4v) is 1.47. The molecule has 3 heteroatoms. The Morgan fingerprint density at radius 1 is 1.19 bits per heavy atom. The summed E-state index contributed by atoms with van der Waals surface area (Å²) in [6.45, 7) is 5.28. The number of benzene rings is 1. The van der Waals surface area contributed by atoms with Crippen LogP contribution >= 0.6 is 0 Å². The summed E-state index contributed by atoms with van der Waals surface area (Å²) in [6, 6.07) is 8.44. The number of rotatable bonds is 6.